The van der Waals surface area contributed by atoms with E-state index >= 15 is 0 Å². The van der Waals surface area contributed by atoms with Crippen LogP contribution < -0.4 is 10.6 Å². The summed E-state index contributed by atoms with van der Waals surface area (Å²) in [5, 5.41) is 6.79. The van der Waals surface area contributed by atoms with E-state index in [-0.39, 0.29) is 5.75 Å². The van der Waals surface area contributed by atoms with Crippen LogP contribution in [0.3, 0.4) is 0 Å². The monoisotopic (exact) mass is 394 g/mol. The van der Waals surface area contributed by atoms with Crippen LogP contribution in [0, 0.1) is 0 Å². The minimum atomic E-state index is -3.24. The minimum Gasteiger partial charge on any atom is -0.356 e. The number of pyridine rings is 1. The maximum atomic E-state index is 12.2. The van der Waals surface area contributed by atoms with E-state index in [4.69, 9.17) is 11.6 Å². The van der Waals surface area contributed by atoms with E-state index < -0.39 is 9.84 Å². The van der Waals surface area contributed by atoms with Crippen molar-refractivity contribution in [1.29, 1.82) is 0 Å². The van der Waals surface area contributed by atoms with Crippen molar-refractivity contribution >= 4 is 27.4 Å². The average Bonchev–Trinajstić information content (AvgIpc) is 2.66. The van der Waals surface area contributed by atoms with Gasteiger partial charge in [-0.2, -0.15) is 0 Å². The molecule has 1 aromatic heterocycles. The molecule has 0 atom stereocenters. The fraction of sp³-hybridized carbons (Fsp3) is 0.333. The maximum Gasteiger partial charge on any atom is 0.190 e. The second kappa shape index (κ2) is 10.1. The van der Waals surface area contributed by atoms with Crippen molar-refractivity contribution < 1.29 is 8.42 Å². The number of halogens is 1. The zero-order chi connectivity index (χ0) is 18.8. The molecule has 2 N–H and O–H groups in total. The van der Waals surface area contributed by atoms with Crippen LogP contribution in [0.2, 0.25) is 5.15 Å². The molecule has 0 unspecified atom stereocenters. The van der Waals surface area contributed by atoms with Gasteiger partial charge < -0.3 is 10.6 Å². The Morgan fingerprint density at radius 3 is 2.50 bits per heavy atom. The number of hydrogen-bond acceptors (Lipinski definition) is 4. The lowest BCUT2D eigenvalue weighted by Gasteiger charge is -2.12. The Hall–Kier alpha value is -2.12. The highest BCUT2D eigenvalue weighted by Gasteiger charge is 2.13. The van der Waals surface area contributed by atoms with Crippen molar-refractivity contribution in [1.82, 2.24) is 15.6 Å². The van der Waals surface area contributed by atoms with Gasteiger partial charge >= 0.3 is 0 Å². The summed E-state index contributed by atoms with van der Waals surface area (Å²) < 4.78 is 24.4. The Labute approximate surface area is 159 Å². The third-order valence-corrected chi connectivity index (χ3v) is 5.74. The molecule has 0 saturated heterocycles. The van der Waals surface area contributed by atoms with Gasteiger partial charge in [0.2, 0.25) is 0 Å². The van der Waals surface area contributed by atoms with Crippen LogP contribution in [0.4, 0.5) is 0 Å². The number of aromatic nitrogens is 1. The Bertz CT molecular complexity index is 809. The Morgan fingerprint density at radius 2 is 1.85 bits per heavy atom. The lowest BCUT2D eigenvalue weighted by Crippen LogP contribution is -2.39. The molecular formula is C18H23ClN4O2S. The number of benzene rings is 1. The molecule has 140 valence electrons. The SMILES string of the molecule is CN=C(NCCCS(=O)(=O)c1ccccc1)NCCc1ccc(Cl)nc1. The summed E-state index contributed by atoms with van der Waals surface area (Å²) in [5.41, 5.74) is 1.08. The highest BCUT2D eigenvalue weighted by molar-refractivity contribution is 7.91. The number of rotatable bonds is 8. The van der Waals surface area contributed by atoms with Gasteiger partial charge in [0, 0.05) is 26.3 Å². The first-order valence-electron chi connectivity index (χ1n) is 8.34. The van der Waals surface area contributed by atoms with E-state index in [2.05, 4.69) is 20.6 Å². The predicted octanol–water partition coefficient (Wildman–Crippen LogP) is 2.31. The number of nitrogens with one attached hydrogen (secondary N) is 2. The molecule has 0 aliphatic rings. The number of guanidine groups is 1. The van der Waals surface area contributed by atoms with Crippen molar-refractivity contribution in [2.75, 3.05) is 25.9 Å². The van der Waals surface area contributed by atoms with Crippen molar-refractivity contribution in [2.24, 2.45) is 4.99 Å². The maximum absolute atomic E-state index is 12.2. The molecule has 0 aliphatic carbocycles. The third kappa shape index (κ3) is 6.65. The number of aliphatic imine (C=N–C) groups is 1. The summed E-state index contributed by atoms with van der Waals surface area (Å²) in [6.07, 6.45) is 3.03. The first kappa shape index (κ1) is 20.2. The van der Waals surface area contributed by atoms with Crippen molar-refractivity contribution in [2.45, 2.75) is 17.7 Å². The summed E-state index contributed by atoms with van der Waals surface area (Å²) >= 11 is 5.76. The largest absolute Gasteiger partial charge is 0.356 e. The minimum absolute atomic E-state index is 0.0947. The molecular weight excluding hydrogens is 372 g/mol. The normalized spacial score (nSPS) is 12.0. The predicted molar refractivity (Wildman–Crippen MR) is 105 cm³/mol. The van der Waals surface area contributed by atoms with E-state index in [0.717, 1.165) is 12.0 Å². The molecule has 0 radical (unpaired) electrons. The van der Waals surface area contributed by atoms with Crippen LogP contribution in [0.1, 0.15) is 12.0 Å². The number of sulfone groups is 1. The second-order valence-corrected chi connectivity index (χ2v) is 8.15. The van der Waals surface area contributed by atoms with Gasteiger partial charge in [0.25, 0.3) is 0 Å². The summed E-state index contributed by atoms with van der Waals surface area (Å²) in [6, 6.07) is 12.2. The second-order valence-electron chi connectivity index (χ2n) is 5.65. The molecule has 1 aromatic carbocycles. The van der Waals surface area contributed by atoms with Crippen LogP contribution in [0.25, 0.3) is 0 Å². The topological polar surface area (TPSA) is 83.5 Å². The molecule has 26 heavy (non-hydrogen) atoms. The Balaban J connectivity index is 1.69. The quantitative estimate of drug-likeness (QED) is 0.310. The summed E-state index contributed by atoms with van der Waals surface area (Å²) in [6.45, 7) is 1.21. The molecule has 0 spiro atoms. The van der Waals surface area contributed by atoms with Gasteiger partial charge in [-0.05, 0) is 36.6 Å². The van der Waals surface area contributed by atoms with E-state index in [1.807, 2.05) is 6.07 Å². The van der Waals surface area contributed by atoms with Crippen LogP contribution >= 0.6 is 11.6 Å². The van der Waals surface area contributed by atoms with Gasteiger partial charge in [0.1, 0.15) is 5.15 Å². The third-order valence-electron chi connectivity index (χ3n) is 3.70. The molecule has 0 bridgehead atoms. The van der Waals surface area contributed by atoms with Gasteiger partial charge in [-0.25, -0.2) is 13.4 Å². The Kier molecular flexibility index (Phi) is 7.87. The molecule has 0 aliphatic heterocycles. The Morgan fingerprint density at radius 1 is 1.12 bits per heavy atom. The van der Waals surface area contributed by atoms with Crippen LogP contribution in [0.5, 0.6) is 0 Å². The van der Waals surface area contributed by atoms with Crippen LogP contribution in [-0.2, 0) is 16.3 Å². The molecule has 0 saturated carbocycles. The first-order chi connectivity index (χ1) is 12.5. The standard InChI is InChI=1S/C18H23ClN4O2S/c1-20-18(22-12-10-15-8-9-17(19)23-14-15)21-11-5-13-26(24,25)16-6-3-2-4-7-16/h2-4,6-9,14H,5,10-13H2,1H3,(H2,20,21,22). The van der Waals surface area contributed by atoms with Gasteiger partial charge in [-0.3, -0.25) is 4.99 Å². The molecule has 6 nitrogen and oxygen atoms in total. The zero-order valence-electron chi connectivity index (χ0n) is 14.7. The van der Waals surface area contributed by atoms with E-state index in [1.165, 1.54) is 0 Å². The molecule has 2 rings (SSSR count). The smallest absolute Gasteiger partial charge is 0.190 e. The van der Waals surface area contributed by atoms with Crippen molar-refractivity contribution in [3.05, 3.63) is 59.4 Å². The number of nitrogens with zero attached hydrogens (tertiary/aromatic N) is 2. The summed E-state index contributed by atoms with van der Waals surface area (Å²) in [5.74, 6) is 0.737. The average molecular weight is 395 g/mol. The van der Waals surface area contributed by atoms with E-state index in [9.17, 15) is 8.42 Å². The molecule has 0 amide bonds. The van der Waals surface area contributed by atoms with Crippen molar-refractivity contribution in [3.8, 4) is 0 Å². The highest BCUT2D eigenvalue weighted by Crippen LogP contribution is 2.10. The first-order valence-corrected chi connectivity index (χ1v) is 10.4. The van der Waals surface area contributed by atoms with E-state index in [0.29, 0.717) is 35.5 Å². The highest BCUT2D eigenvalue weighted by atomic mass is 35.5. The summed E-state index contributed by atoms with van der Waals surface area (Å²) in [4.78, 5) is 8.53. The molecule has 2 aromatic rings. The van der Waals surface area contributed by atoms with Gasteiger partial charge in [-0.15, -0.1) is 0 Å². The summed E-state index contributed by atoms with van der Waals surface area (Å²) in [7, 11) is -1.56. The molecule has 0 fully saturated rings. The fourth-order valence-corrected chi connectivity index (χ4v) is 3.76. The lowest BCUT2D eigenvalue weighted by molar-refractivity contribution is 0.592. The van der Waals surface area contributed by atoms with Crippen molar-refractivity contribution in [3.63, 3.8) is 0 Å². The fourth-order valence-electron chi connectivity index (χ4n) is 2.31. The molecule has 8 heteroatoms. The number of hydrogen-bond donors (Lipinski definition) is 2. The van der Waals surface area contributed by atoms with Gasteiger partial charge in [0.15, 0.2) is 15.8 Å². The van der Waals surface area contributed by atoms with E-state index in [1.54, 1.807) is 49.6 Å². The van der Waals surface area contributed by atoms with Gasteiger partial charge in [-0.1, -0.05) is 35.9 Å². The molecule has 1 heterocycles. The lowest BCUT2D eigenvalue weighted by atomic mass is 10.2. The zero-order valence-corrected chi connectivity index (χ0v) is 16.2. The van der Waals surface area contributed by atoms with Gasteiger partial charge in [0.05, 0.1) is 10.6 Å². The van der Waals surface area contributed by atoms with Crippen LogP contribution in [-0.4, -0.2) is 45.3 Å². The van der Waals surface area contributed by atoms with Crippen LogP contribution in [0.15, 0.2) is 58.5 Å².